The largest absolute Gasteiger partial charge is 0.591 e. The molecule has 0 amide bonds. The van der Waals surface area contributed by atoms with Crippen molar-refractivity contribution in [2.75, 3.05) is 0 Å². The Balaban J connectivity index is 2.89. The summed E-state index contributed by atoms with van der Waals surface area (Å²) in [5, 5.41) is 8.86. The van der Waals surface area contributed by atoms with Crippen molar-refractivity contribution in [3.8, 4) is 6.07 Å². The van der Waals surface area contributed by atoms with Crippen LogP contribution in [0.5, 0.6) is 0 Å². The highest BCUT2D eigenvalue weighted by atomic mass is 32.2. The third-order valence-electron chi connectivity index (χ3n) is 1.89. The minimum atomic E-state index is -1.29. The van der Waals surface area contributed by atoms with Gasteiger partial charge in [0.15, 0.2) is 0 Å². The van der Waals surface area contributed by atoms with E-state index >= 15 is 0 Å². The molecule has 0 heterocycles. The average Bonchev–Trinajstić information content (AvgIpc) is 2.24. The summed E-state index contributed by atoms with van der Waals surface area (Å²) in [7, 11) is 0. The standard InChI is InChI=1S/C12H14N2OS/c1-12(2,3)16(15)14-9-11-7-5-4-6-10(11)8-13/h4-7,9H,1-3H3/b14-9+. The fourth-order valence-corrected chi connectivity index (χ4v) is 1.50. The Hall–Kier alpha value is -1.31. The van der Waals surface area contributed by atoms with Crippen molar-refractivity contribution < 1.29 is 4.55 Å². The Kier molecular flexibility index (Phi) is 4.11. The summed E-state index contributed by atoms with van der Waals surface area (Å²) in [4.78, 5) is 0. The highest BCUT2D eigenvalue weighted by molar-refractivity contribution is 7.91. The molecule has 0 aromatic heterocycles. The molecule has 3 nitrogen and oxygen atoms in total. The minimum Gasteiger partial charge on any atom is -0.591 e. The molecule has 1 aromatic carbocycles. The number of rotatable bonds is 2. The van der Waals surface area contributed by atoms with E-state index in [0.717, 1.165) is 0 Å². The van der Waals surface area contributed by atoms with Crippen molar-refractivity contribution in [1.29, 1.82) is 5.26 Å². The van der Waals surface area contributed by atoms with E-state index in [-0.39, 0.29) is 4.75 Å². The minimum absolute atomic E-state index is 0.377. The van der Waals surface area contributed by atoms with Gasteiger partial charge in [0.25, 0.3) is 0 Å². The van der Waals surface area contributed by atoms with E-state index in [9.17, 15) is 4.55 Å². The van der Waals surface area contributed by atoms with Gasteiger partial charge in [-0.1, -0.05) is 22.6 Å². The van der Waals surface area contributed by atoms with Crippen LogP contribution in [0.25, 0.3) is 0 Å². The van der Waals surface area contributed by atoms with Gasteiger partial charge in [-0.25, -0.2) is 0 Å². The summed E-state index contributed by atoms with van der Waals surface area (Å²) in [6.45, 7) is 5.57. The van der Waals surface area contributed by atoms with Crippen molar-refractivity contribution in [2.24, 2.45) is 4.40 Å². The van der Waals surface area contributed by atoms with Gasteiger partial charge in [-0.2, -0.15) is 5.26 Å². The Morgan fingerprint density at radius 3 is 2.56 bits per heavy atom. The molecular formula is C12H14N2OS. The van der Waals surface area contributed by atoms with Crippen LogP contribution in [-0.2, 0) is 11.4 Å². The van der Waals surface area contributed by atoms with Gasteiger partial charge in [0.05, 0.1) is 17.8 Å². The van der Waals surface area contributed by atoms with E-state index in [4.69, 9.17) is 5.26 Å². The van der Waals surface area contributed by atoms with Gasteiger partial charge in [-0.15, -0.1) is 0 Å². The molecule has 0 saturated carbocycles. The fraction of sp³-hybridized carbons (Fsp3) is 0.333. The highest BCUT2D eigenvalue weighted by Gasteiger charge is 2.25. The highest BCUT2D eigenvalue weighted by Crippen LogP contribution is 2.17. The van der Waals surface area contributed by atoms with Crippen LogP contribution in [0.15, 0.2) is 28.7 Å². The zero-order valence-corrected chi connectivity index (χ0v) is 10.4. The number of benzene rings is 1. The van der Waals surface area contributed by atoms with Crippen LogP contribution >= 0.6 is 0 Å². The van der Waals surface area contributed by atoms with Crippen molar-refractivity contribution in [3.05, 3.63) is 35.4 Å². The summed E-state index contributed by atoms with van der Waals surface area (Å²) < 4.78 is 15.3. The monoisotopic (exact) mass is 234 g/mol. The van der Waals surface area contributed by atoms with Crippen LogP contribution in [-0.4, -0.2) is 15.5 Å². The summed E-state index contributed by atoms with van der Waals surface area (Å²) in [6.07, 6.45) is 1.50. The van der Waals surface area contributed by atoms with Crippen LogP contribution in [0.3, 0.4) is 0 Å². The Morgan fingerprint density at radius 2 is 2.00 bits per heavy atom. The van der Waals surface area contributed by atoms with Gasteiger partial charge in [0, 0.05) is 5.56 Å². The third kappa shape index (κ3) is 3.37. The van der Waals surface area contributed by atoms with Crippen LogP contribution < -0.4 is 0 Å². The zero-order valence-electron chi connectivity index (χ0n) is 9.60. The lowest BCUT2D eigenvalue weighted by molar-refractivity contribution is 0.562. The predicted molar refractivity (Wildman–Crippen MR) is 66.6 cm³/mol. The lowest BCUT2D eigenvalue weighted by atomic mass is 10.1. The Labute approximate surface area is 99.1 Å². The third-order valence-corrected chi connectivity index (χ3v) is 3.24. The van der Waals surface area contributed by atoms with Gasteiger partial charge >= 0.3 is 0 Å². The first kappa shape index (κ1) is 12.8. The maximum absolute atomic E-state index is 11.7. The van der Waals surface area contributed by atoms with E-state index < -0.39 is 11.4 Å². The predicted octanol–water partition coefficient (Wildman–Crippen LogP) is 2.44. The number of hydrogen-bond donors (Lipinski definition) is 0. The lowest BCUT2D eigenvalue weighted by Crippen LogP contribution is -2.25. The van der Waals surface area contributed by atoms with Crippen LogP contribution in [0.4, 0.5) is 0 Å². The summed E-state index contributed by atoms with van der Waals surface area (Å²) in [5.74, 6) is 0. The topological polar surface area (TPSA) is 59.2 Å². The van der Waals surface area contributed by atoms with Gasteiger partial charge in [-0.05, 0) is 26.8 Å². The van der Waals surface area contributed by atoms with E-state index in [1.54, 1.807) is 18.2 Å². The maximum Gasteiger partial charge on any atom is 0.144 e. The molecule has 1 atom stereocenters. The SMILES string of the molecule is CC(C)(C)[S+]([O-])/N=C/c1ccccc1C#N. The summed E-state index contributed by atoms with van der Waals surface area (Å²) in [5.41, 5.74) is 1.24. The van der Waals surface area contributed by atoms with Crippen molar-refractivity contribution in [2.45, 2.75) is 25.5 Å². The molecule has 0 saturated heterocycles. The first-order chi connectivity index (χ1) is 7.45. The molecule has 0 aliphatic carbocycles. The molecule has 1 aromatic rings. The lowest BCUT2D eigenvalue weighted by Gasteiger charge is -2.17. The van der Waals surface area contributed by atoms with E-state index in [2.05, 4.69) is 10.5 Å². The first-order valence-electron chi connectivity index (χ1n) is 4.90. The van der Waals surface area contributed by atoms with Crippen LogP contribution in [0.1, 0.15) is 31.9 Å². The van der Waals surface area contributed by atoms with E-state index in [1.165, 1.54) is 6.21 Å². The number of hydrogen-bond acceptors (Lipinski definition) is 3. The smallest absolute Gasteiger partial charge is 0.144 e. The molecule has 0 aliphatic heterocycles. The normalized spacial score (nSPS) is 13.7. The molecule has 0 fully saturated rings. The molecule has 16 heavy (non-hydrogen) atoms. The van der Waals surface area contributed by atoms with Gasteiger partial charge in [0.1, 0.15) is 16.1 Å². The van der Waals surface area contributed by atoms with Gasteiger partial charge in [-0.3, -0.25) is 0 Å². The molecule has 0 N–H and O–H groups in total. The Bertz CT molecular complexity index is 429. The van der Waals surface area contributed by atoms with Crippen molar-refractivity contribution >= 4 is 17.6 Å². The second-order valence-corrected chi connectivity index (χ2v) is 6.23. The molecule has 0 aliphatic rings. The molecule has 4 heteroatoms. The van der Waals surface area contributed by atoms with Crippen molar-refractivity contribution in [3.63, 3.8) is 0 Å². The molecule has 1 unspecified atom stereocenters. The first-order valence-corrected chi connectivity index (χ1v) is 6.01. The van der Waals surface area contributed by atoms with Crippen LogP contribution in [0, 0.1) is 11.3 Å². The van der Waals surface area contributed by atoms with Gasteiger partial charge < -0.3 is 4.55 Å². The fourth-order valence-electron chi connectivity index (χ4n) is 0.974. The molecule has 84 valence electrons. The second-order valence-electron chi connectivity index (χ2n) is 4.30. The average molecular weight is 234 g/mol. The molecule has 1 rings (SSSR count). The second kappa shape index (κ2) is 5.15. The van der Waals surface area contributed by atoms with Crippen LogP contribution in [0.2, 0.25) is 0 Å². The number of nitrogens with zero attached hydrogens (tertiary/aromatic N) is 2. The van der Waals surface area contributed by atoms with Crippen molar-refractivity contribution in [1.82, 2.24) is 0 Å². The summed E-state index contributed by atoms with van der Waals surface area (Å²) >= 11 is -1.29. The molecule has 0 radical (unpaired) electrons. The quantitative estimate of drug-likeness (QED) is 0.583. The van der Waals surface area contributed by atoms with E-state index in [0.29, 0.717) is 11.1 Å². The number of nitriles is 1. The van der Waals surface area contributed by atoms with Gasteiger partial charge in [0.2, 0.25) is 0 Å². The van der Waals surface area contributed by atoms with E-state index in [1.807, 2.05) is 26.8 Å². The molecular weight excluding hydrogens is 220 g/mol. The zero-order chi connectivity index (χ0) is 12.2. The Morgan fingerprint density at radius 1 is 1.38 bits per heavy atom. The maximum atomic E-state index is 11.7. The molecule has 0 bridgehead atoms. The summed E-state index contributed by atoms with van der Waals surface area (Å²) in [6, 6.07) is 9.17. The molecule has 0 spiro atoms.